The zero-order valence-electron chi connectivity index (χ0n) is 10.2. The van der Waals surface area contributed by atoms with Crippen LogP contribution in [-0.4, -0.2) is 19.6 Å². The number of benzene rings is 1. The van der Waals surface area contributed by atoms with Gasteiger partial charge in [-0.3, -0.25) is 4.55 Å². The van der Waals surface area contributed by atoms with Crippen LogP contribution in [0, 0.1) is 13.8 Å². The van der Waals surface area contributed by atoms with Gasteiger partial charge >= 0.3 is 0 Å². The first-order valence-corrected chi connectivity index (χ1v) is 6.91. The summed E-state index contributed by atoms with van der Waals surface area (Å²) >= 11 is 0. The molecule has 5 heteroatoms. The standard InChI is InChI=1S/C13H14O4S/c1-9-3-4-12(18(14,15)16)10(2)13(9)11-5-7-17-8-6-11/h3-7H,8H2,1-2H3,(H,14,15,16). The van der Waals surface area contributed by atoms with Crippen LogP contribution in [0.4, 0.5) is 0 Å². The lowest BCUT2D eigenvalue weighted by atomic mass is 9.95. The Bertz CT molecular complexity index is 639. The summed E-state index contributed by atoms with van der Waals surface area (Å²) in [5, 5.41) is 0. The average Bonchev–Trinajstić information content (AvgIpc) is 2.28. The molecule has 0 amide bonds. The van der Waals surface area contributed by atoms with Gasteiger partial charge in [-0.05, 0) is 54.3 Å². The zero-order valence-corrected chi connectivity index (χ0v) is 11.0. The minimum Gasteiger partial charge on any atom is -0.497 e. The summed E-state index contributed by atoms with van der Waals surface area (Å²) in [7, 11) is -4.19. The van der Waals surface area contributed by atoms with Crippen LogP contribution in [0.2, 0.25) is 0 Å². The fourth-order valence-electron chi connectivity index (χ4n) is 2.12. The Morgan fingerprint density at radius 2 is 2.00 bits per heavy atom. The van der Waals surface area contributed by atoms with Gasteiger partial charge in [-0.1, -0.05) is 6.07 Å². The maximum atomic E-state index is 11.3. The Morgan fingerprint density at radius 1 is 1.28 bits per heavy atom. The van der Waals surface area contributed by atoms with Gasteiger partial charge in [-0.25, -0.2) is 0 Å². The van der Waals surface area contributed by atoms with Crippen LogP contribution in [-0.2, 0) is 14.9 Å². The lowest BCUT2D eigenvalue weighted by Gasteiger charge is -2.16. The fourth-order valence-corrected chi connectivity index (χ4v) is 2.85. The lowest BCUT2D eigenvalue weighted by molar-refractivity contribution is 0.287. The van der Waals surface area contributed by atoms with Crippen molar-refractivity contribution in [3.05, 3.63) is 47.2 Å². The summed E-state index contributed by atoms with van der Waals surface area (Å²) in [5.41, 5.74) is 3.24. The summed E-state index contributed by atoms with van der Waals surface area (Å²) in [6.45, 7) is 4.05. The van der Waals surface area contributed by atoms with Crippen LogP contribution < -0.4 is 0 Å². The molecule has 4 nitrogen and oxygen atoms in total. The van der Waals surface area contributed by atoms with Crippen LogP contribution in [0.15, 0.2) is 35.4 Å². The van der Waals surface area contributed by atoms with E-state index in [0.29, 0.717) is 12.2 Å². The van der Waals surface area contributed by atoms with Gasteiger partial charge in [-0.15, -0.1) is 0 Å². The van der Waals surface area contributed by atoms with Crippen molar-refractivity contribution in [1.29, 1.82) is 0 Å². The first-order chi connectivity index (χ1) is 8.41. The third kappa shape index (κ3) is 2.32. The Hall–Kier alpha value is -1.59. The SMILES string of the molecule is Cc1ccc(S(=O)(=O)O)c(C)c1C1=CCOC=C1. The van der Waals surface area contributed by atoms with Crippen LogP contribution in [0.25, 0.3) is 5.57 Å². The Labute approximate surface area is 106 Å². The summed E-state index contributed by atoms with van der Waals surface area (Å²) in [6.07, 6.45) is 5.24. The molecule has 0 unspecified atom stereocenters. The van der Waals surface area contributed by atoms with Crippen molar-refractivity contribution in [1.82, 2.24) is 0 Å². The van der Waals surface area contributed by atoms with Crippen LogP contribution >= 0.6 is 0 Å². The topological polar surface area (TPSA) is 63.6 Å². The predicted molar refractivity (Wildman–Crippen MR) is 68.8 cm³/mol. The molecule has 0 fully saturated rings. The molecule has 0 spiro atoms. The Morgan fingerprint density at radius 3 is 2.56 bits per heavy atom. The quantitative estimate of drug-likeness (QED) is 0.835. The zero-order chi connectivity index (χ0) is 13.3. The number of ether oxygens (including phenoxy) is 1. The smallest absolute Gasteiger partial charge is 0.294 e. The second-order valence-corrected chi connectivity index (χ2v) is 5.54. The van der Waals surface area contributed by atoms with Crippen LogP contribution in [0.5, 0.6) is 0 Å². The molecule has 18 heavy (non-hydrogen) atoms. The second-order valence-electron chi connectivity index (χ2n) is 4.15. The van der Waals surface area contributed by atoms with E-state index < -0.39 is 10.1 Å². The Kier molecular flexibility index (Phi) is 3.28. The van der Waals surface area contributed by atoms with E-state index in [1.807, 2.05) is 13.0 Å². The molecule has 0 radical (unpaired) electrons. The molecule has 1 aromatic rings. The Balaban J connectivity index is 2.67. The van der Waals surface area contributed by atoms with E-state index in [9.17, 15) is 13.0 Å². The van der Waals surface area contributed by atoms with Gasteiger partial charge in [0.25, 0.3) is 10.1 Å². The number of aryl methyl sites for hydroxylation is 1. The van der Waals surface area contributed by atoms with Crippen molar-refractivity contribution < 1.29 is 17.7 Å². The summed E-state index contributed by atoms with van der Waals surface area (Å²) in [5.74, 6) is 0. The molecular formula is C13H14O4S. The highest BCUT2D eigenvalue weighted by molar-refractivity contribution is 7.85. The van der Waals surface area contributed by atoms with E-state index >= 15 is 0 Å². The van der Waals surface area contributed by atoms with E-state index in [1.54, 1.807) is 25.3 Å². The van der Waals surface area contributed by atoms with Gasteiger partial charge in [0.05, 0.1) is 11.2 Å². The highest BCUT2D eigenvalue weighted by Crippen LogP contribution is 2.29. The number of hydrogen-bond acceptors (Lipinski definition) is 3. The third-order valence-corrected chi connectivity index (χ3v) is 3.93. The molecule has 0 atom stereocenters. The normalized spacial score (nSPS) is 15.2. The minimum absolute atomic E-state index is 0.0520. The predicted octanol–water partition coefficient (Wildman–Crippen LogP) is 2.48. The molecule has 1 aliphatic rings. The fraction of sp³-hybridized carbons (Fsp3) is 0.231. The highest BCUT2D eigenvalue weighted by Gasteiger charge is 2.18. The van der Waals surface area contributed by atoms with Crippen molar-refractivity contribution in [3.8, 4) is 0 Å². The molecule has 0 saturated heterocycles. The van der Waals surface area contributed by atoms with Crippen molar-refractivity contribution in [2.24, 2.45) is 0 Å². The van der Waals surface area contributed by atoms with Gasteiger partial charge in [0.15, 0.2) is 0 Å². The van der Waals surface area contributed by atoms with E-state index in [2.05, 4.69) is 0 Å². The first-order valence-electron chi connectivity index (χ1n) is 5.47. The van der Waals surface area contributed by atoms with Gasteiger partial charge < -0.3 is 4.74 Å². The minimum atomic E-state index is -4.19. The second kappa shape index (κ2) is 4.59. The molecule has 1 aromatic carbocycles. The molecular weight excluding hydrogens is 252 g/mol. The molecule has 2 rings (SSSR count). The first kappa shape index (κ1) is 12.9. The molecule has 1 aliphatic heterocycles. The van der Waals surface area contributed by atoms with Crippen molar-refractivity contribution in [2.75, 3.05) is 6.61 Å². The molecule has 1 N–H and O–H groups in total. The number of allylic oxidation sites excluding steroid dienone is 2. The molecule has 1 heterocycles. The summed E-state index contributed by atoms with van der Waals surface area (Å²) in [6, 6.07) is 3.11. The average molecular weight is 266 g/mol. The van der Waals surface area contributed by atoms with E-state index in [0.717, 1.165) is 16.7 Å². The maximum absolute atomic E-state index is 11.3. The molecule has 0 aliphatic carbocycles. The largest absolute Gasteiger partial charge is 0.497 e. The third-order valence-electron chi connectivity index (χ3n) is 2.93. The molecule has 0 aromatic heterocycles. The lowest BCUT2D eigenvalue weighted by Crippen LogP contribution is -2.05. The summed E-state index contributed by atoms with van der Waals surface area (Å²) < 4.78 is 36.9. The van der Waals surface area contributed by atoms with Crippen molar-refractivity contribution >= 4 is 15.7 Å². The van der Waals surface area contributed by atoms with Crippen molar-refractivity contribution in [2.45, 2.75) is 18.7 Å². The number of hydrogen-bond donors (Lipinski definition) is 1. The maximum Gasteiger partial charge on any atom is 0.294 e. The molecule has 96 valence electrons. The van der Waals surface area contributed by atoms with Gasteiger partial charge in [0.1, 0.15) is 6.61 Å². The van der Waals surface area contributed by atoms with Crippen molar-refractivity contribution in [3.63, 3.8) is 0 Å². The van der Waals surface area contributed by atoms with E-state index in [1.165, 1.54) is 6.07 Å². The van der Waals surface area contributed by atoms with Crippen LogP contribution in [0.1, 0.15) is 16.7 Å². The van der Waals surface area contributed by atoms with Gasteiger partial charge in [0, 0.05) is 0 Å². The monoisotopic (exact) mass is 266 g/mol. The molecule has 0 bridgehead atoms. The van der Waals surface area contributed by atoms with Gasteiger partial charge in [0.2, 0.25) is 0 Å². The van der Waals surface area contributed by atoms with Gasteiger partial charge in [-0.2, -0.15) is 8.42 Å². The highest BCUT2D eigenvalue weighted by atomic mass is 32.2. The van der Waals surface area contributed by atoms with E-state index in [-0.39, 0.29) is 4.90 Å². The summed E-state index contributed by atoms with van der Waals surface area (Å²) in [4.78, 5) is -0.0520. The van der Waals surface area contributed by atoms with Crippen LogP contribution in [0.3, 0.4) is 0 Å². The number of rotatable bonds is 2. The molecule has 0 saturated carbocycles. The van der Waals surface area contributed by atoms with E-state index in [4.69, 9.17) is 4.74 Å².